The van der Waals surface area contributed by atoms with Crippen molar-refractivity contribution >= 4 is 11.6 Å². The van der Waals surface area contributed by atoms with E-state index in [1.165, 1.54) is 0 Å². The summed E-state index contributed by atoms with van der Waals surface area (Å²) < 4.78 is 5.32. The minimum Gasteiger partial charge on any atom is -0.497 e. The summed E-state index contributed by atoms with van der Waals surface area (Å²) in [6.45, 7) is 4.07. The zero-order valence-corrected chi connectivity index (χ0v) is 15.4. The van der Waals surface area contributed by atoms with Crippen molar-refractivity contribution in [3.63, 3.8) is 0 Å². The molecule has 4 rings (SSSR count). The fraction of sp³-hybridized carbons (Fsp3) is 0.350. The molecule has 1 aliphatic heterocycles. The molecule has 0 fully saturated rings. The lowest BCUT2D eigenvalue weighted by molar-refractivity contribution is -0.118. The van der Waals surface area contributed by atoms with E-state index < -0.39 is 17.2 Å². The standard InChI is InChI=1S/C20H21N3O4/c1-20(2)8-12-15(13(24)9-20)14(10-5-4-6-11(7-10)27-3)16-17(21-12)22-19(26)23-18(16)25/h4-7,14H,8-9H2,1-3H3,(H3,21,22,23,25,26). The van der Waals surface area contributed by atoms with Gasteiger partial charge in [0.05, 0.1) is 12.7 Å². The number of fused-ring (bicyclic) bond motifs is 1. The second kappa shape index (κ2) is 5.97. The third-order valence-corrected chi connectivity index (χ3v) is 5.18. The number of methoxy groups -OCH3 is 1. The van der Waals surface area contributed by atoms with E-state index in [4.69, 9.17) is 4.74 Å². The first-order valence-corrected chi connectivity index (χ1v) is 8.83. The lowest BCUT2D eigenvalue weighted by Crippen LogP contribution is -2.38. The molecule has 0 bridgehead atoms. The number of Topliss-reactive ketones (excluding diaryl/α,β-unsaturated/α-hetero) is 1. The van der Waals surface area contributed by atoms with Crippen molar-refractivity contribution in [2.75, 3.05) is 12.4 Å². The van der Waals surface area contributed by atoms with Gasteiger partial charge in [0.2, 0.25) is 0 Å². The van der Waals surface area contributed by atoms with E-state index in [2.05, 4.69) is 15.3 Å². The van der Waals surface area contributed by atoms with Crippen molar-refractivity contribution in [1.82, 2.24) is 9.97 Å². The predicted octanol–water partition coefficient (Wildman–Crippen LogP) is 2.27. The molecule has 2 aliphatic rings. The Morgan fingerprint density at radius 3 is 2.63 bits per heavy atom. The van der Waals surface area contributed by atoms with E-state index in [1.807, 2.05) is 38.1 Å². The first kappa shape index (κ1) is 17.3. The molecular formula is C20H21N3O4. The van der Waals surface area contributed by atoms with Crippen LogP contribution < -0.4 is 21.3 Å². The van der Waals surface area contributed by atoms with Crippen LogP contribution in [0, 0.1) is 5.41 Å². The molecule has 2 aromatic rings. The summed E-state index contributed by atoms with van der Waals surface area (Å²) in [4.78, 5) is 42.5. The lowest BCUT2D eigenvalue weighted by Gasteiger charge is -2.38. The SMILES string of the molecule is COc1cccc(C2C3=C(CC(C)(C)CC3=O)Nc3[nH]c(=O)[nH]c(=O)c32)c1. The minimum atomic E-state index is -0.582. The van der Waals surface area contributed by atoms with Crippen LogP contribution in [0.2, 0.25) is 0 Å². The maximum Gasteiger partial charge on any atom is 0.327 e. The summed E-state index contributed by atoms with van der Waals surface area (Å²) in [5.74, 6) is 0.438. The van der Waals surface area contributed by atoms with Crippen LogP contribution in [0.1, 0.15) is 43.7 Å². The first-order chi connectivity index (χ1) is 12.8. The summed E-state index contributed by atoms with van der Waals surface area (Å²) >= 11 is 0. The molecule has 0 spiro atoms. The van der Waals surface area contributed by atoms with Gasteiger partial charge in [0.25, 0.3) is 5.56 Å². The van der Waals surface area contributed by atoms with Gasteiger partial charge in [-0.2, -0.15) is 0 Å². The summed E-state index contributed by atoms with van der Waals surface area (Å²) in [5.41, 5.74) is 1.19. The third kappa shape index (κ3) is 2.89. The summed E-state index contributed by atoms with van der Waals surface area (Å²) in [5, 5.41) is 3.15. The molecule has 1 aliphatic carbocycles. The van der Waals surface area contributed by atoms with Crippen LogP contribution in [0.4, 0.5) is 5.82 Å². The Bertz CT molecular complexity index is 1090. The Morgan fingerprint density at radius 1 is 1.11 bits per heavy atom. The number of ether oxygens (including phenoxy) is 1. The highest BCUT2D eigenvalue weighted by atomic mass is 16.5. The molecule has 0 amide bonds. The fourth-order valence-corrected chi connectivity index (χ4v) is 4.10. The van der Waals surface area contributed by atoms with Crippen molar-refractivity contribution in [3.8, 4) is 5.75 Å². The number of H-pyrrole nitrogens is 2. The van der Waals surface area contributed by atoms with Gasteiger partial charge in [0.15, 0.2) is 5.78 Å². The number of nitrogens with one attached hydrogen (secondary N) is 3. The zero-order chi connectivity index (χ0) is 19.3. The van der Waals surface area contributed by atoms with Crippen LogP contribution in [0.5, 0.6) is 5.75 Å². The van der Waals surface area contributed by atoms with Gasteiger partial charge in [-0.1, -0.05) is 26.0 Å². The highest BCUT2D eigenvalue weighted by Crippen LogP contribution is 2.47. The number of benzene rings is 1. The third-order valence-electron chi connectivity index (χ3n) is 5.18. The van der Waals surface area contributed by atoms with Crippen LogP contribution in [0.3, 0.4) is 0 Å². The quantitative estimate of drug-likeness (QED) is 0.755. The fourth-order valence-electron chi connectivity index (χ4n) is 4.10. The molecule has 1 aromatic carbocycles. The molecule has 7 nitrogen and oxygen atoms in total. The second-order valence-corrected chi connectivity index (χ2v) is 7.86. The van der Waals surface area contributed by atoms with Crippen molar-refractivity contribution in [3.05, 3.63) is 67.5 Å². The highest BCUT2D eigenvalue weighted by Gasteiger charge is 2.42. The number of aromatic amines is 2. The number of carbonyl (C=O) groups excluding carboxylic acids is 1. The topological polar surface area (TPSA) is 104 Å². The number of aromatic nitrogens is 2. The number of hydrogen-bond donors (Lipinski definition) is 3. The van der Waals surface area contributed by atoms with Gasteiger partial charge in [0, 0.05) is 23.6 Å². The van der Waals surface area contributed by atoms with Gasteiger partial charge in [0.1, 0.15) is 11.6 Å². The van der Waals surface area contributed by atoms with E-state index in [9.17, 15) is 14.4 Å². The zero-order valence-electron chi connectivity index (χ0n) is 15.4. The van der Waals surface area contributed by atoms with Crippen LogP contribution in [-0.2, 0) is 4.79 Å². The van der Waals surface area contributed by atoms with Crippen molar-refractivity contribution in [1.29, 1.82) is 0 Å². The van der Waals surface area contributed by atoms with Crippen LogP contribution in [-0.4, -0.2) is 22.9 Å². The number of anilines is 1. The molecule has 7 heteroatoms. The van der Waals surface area contributed by atoms with E-state index >= 15 is 0 Å². The molecule has 0 saturated carbocycles. The van der Waals surface area contributed by atoms with Crippen LogP contribution in [0.25, 0.3) is 0 Å². The Morgan fingerprint density at radius 2 is 1.89 bits per heavy atom. The van der Waals surface area contributed by atoms with Crippen LogP contribution >= 0.6 is 0 Å². The molecule has 1 unspecified atom stereocenters. The van der Waals surface area contributed by atoms with E-state index in [0.29, 0.717) is 35.5 Å². The molecule has 1 atom stereocenters. The second-order valence-electron chi connectivity index (χ2n) is 7.86. The maximum atomic E-state index is 13.1. The monoisotopic (exact) mass is 367 g/mol. The summed E-state index contributed by atoms with van der Waals surface area (Å²) in [6.07, 6.45) is 1.06. The molecule has 2 heterocycles. The number of carbonyl (C=O) groups is 1. The first-order valence-electron chi connectivity index (χ1n) is 8.83. The number of hydrogen-bond acceptors (Lipinski definition) is 5. The van der Waals surface area contributed by atoms with Gasteiger partial charge in [-0.3, -0.25) is 19.6 Å². The van der Waals surface area contributed by atoms with Crippen molar-refractivity contribution in [2.24, 2.45) is 5.41 Å². The molecule has 0 saturated heterocycles. The summed E-state index contributed by atoms with van der Waals surface area (Å²) in [6, 6.07) is 7.32. The van der Waals surface area contributed by atoms with E-state index in [0.717, 1.165) is 11.3 Å². The van der Waals surface area contributed by atoms with E-state index in [-0.39, 0.29) is 11.2 Å². The van der Waals surface area contributed by atoms with Crippen LogP contribution in [0.15, 0.2) is 45.1 Å². The Balaban J connectivity index is 2.00. The largest absolute Gasteiger partial charge is 0.497 e. The normalized spacial score (nSPS) is 20.6. The smallest absolute Gasteiger partial charge is 0.327 e. The number of ketones is 1. The van der Waals surface area contributed by atoms with E-state index in [1.54, 1.807) is 7.11 Å². The highest BCUT2D eigenvalue weighted by molar-refractivity contribution is 6.01. The molecule has 3 N–H and O–H groups in total. The number of allylic oxidation sites excluding steroid dienone is 2. The molecule has 27 heavy (non-hydrogen) atoms. The van der Waals surface area contributed by atoms with Gasteiger partial charge < -0.3 is 10.1 Å². The Kier molecular flexibility index (Phi) is 3.83. The molecule has 0 radical (unpaired) electrons. The lowest BCUT2D eigenvalue weighted by atomic mass is 9.69. The van der Waals surface area contributed by atoms with Gasteiger partial charge in [-0.15, -0.1) is 0 Å². The predicted molar refractivity (Wildman–Crippen MR) is 101 cm³/mol. The Hall–Kier alpha value is -3.09. The van der Waals surface area contributed by atoms with Gasteiger partial charge in [-0.05, 0) is 29.5 Å². The minimum absolute atomic E-state index is 0.0119. The van der Waals surface area contributed by atoms with Gasteiger partial charge in [-0.25, -0.2) is 4.79 Å². The molecule has 1 aromatic heterocycles. The molecule has 140 valence electrons. The Labute approximate surface area is 155 Å². The van der Waals surface area contributed by atoms with Crippen molar-refractivity contribution < 1.29 is 9.53 Å². The molecular weight excluding hydrogens is 346 g/mol. The van der Waals surface area contributed by atoms with Gasteiger partial charge >= 0.3 is 5.69 Å². The average molecular weight is 367 g/mol. The maximum absolute atomic E-state index is 13.1. The average Bonchev–Trinajstić information content (AvgIpc) is 2.58. The number of rotatable bonds is 2. The summed E-state index contributed by atoms with van der Waals surface area (Å²) in [7, 11) is 1.57. The van der Waals surface area contributed by atoms with Crippen molar-refractivity contribution in [2.45, 2.75) is 32.6 Å².